The lowest BCUT2D eigenvalue weighted by molar-refractivity contribution is 0.0947. The average molecular weight is 251 g/mol. The predicted octanol–water partition coefficient (Wildman–Crippen LogP) is 1.32. The summed E-state index contributed by atoms with van der Waals surface area (Å²) in [7, 11) is 0. The third kappa shape index (κ3) is 5.09. The number of anilines is 1. The minimum atomic E-state index is -0.218. The molecule has 0 aromatic carbocycles. The second kappa shape index (κ2) is 7.60. The van der Waals surface area contributed by atoms with Crippen LogP contribution in [0, 0.1) is 5.92 Å². The second-order valence-corrected chi connectivity index (χ2v) is 4.58. The van der Waals surface area contributed by atoms with E-state index in [9.17, 15) is 4.79 Å². The molecule has 1 rings (SSSR count). The van der Waals surface area contributed by atoms with Crippen LogP contribution in [0.25, 0.3) is 0 Å². The maximum absolute atomic E-state index is 11.7. The summed E-state index contributed by atoms with van der Waals surface area (Å²) >= 11 is 0. The van der Waals surface area contributed by atoms with Gasteiger partial charge in [-0.2, -0.15) is 0 Å². The van der Waals surface area contributed by atoms with Gasteiger partial charge in [-0.1, -0.05) is 26.7 Å². The van der Waals surface area contributed by atoms with E-state index in [1.54, 1.807) is 0 Å². The van der Waals surface area contributed by atoms with Gasteiger partial charge in [-0.15, -0.1) is 0 Å². The Morgan fingerprint density at radius 2 is 2.17 bits per heavy atom. The van der Waals surface area contributed by atoms with E-state index in [0.717, 1.165) is 12.8 Å². The molecule has 1 aromatic rings. The summed E-state index contributed by atoms with van der Waals surface area (Å²) in [5, 5.41) is 2.81. The van der Waals surface area contributed by atoms with E-state index in [0.29, 0.717) is 18.3 Å². The SMILES string of the molecule is CC(C)CCCCNC(=O)c1cncc(NN)n1. The lowest BCUT2D eigenvalue weighted by Crippen LogP contribution is -2.26. The standard InChI is InChI=1S/C12H21N5O/c1-9(2)5-3-4-6-15-12(18)10-7-14-8-11(16-10)17-13/h7-9H,3-6,13H2,1-2H3,(H,15,18)(H,16,17). The third-order valence-corrected chi connectivity index (χ3v) is 2.51. The Labute approximate surface area is 107 Å². The molecular formula is C12H21N5O. The summed E-state index contributed by atoms with van der Waals surface area (Å²) < 4.78 is 0. The van der Waals surface area contributed by atoms with E-state index in [1.165, 1.54) is 18.8 Å². The van der Waals surface area contributed by atoms with Gasteiger partial charge in [-0.3, -0.25) is 9.78 Å². The third-order valence-electron chi connectivity index (χ3n) is 2.51. The number of unbranched alkanes of at least 4 members (excludes halogenated alkanes) is 1. The molecule has 0 saturated carbocycles. The molecule has 0 aliphatic heterocycles. The number of hydrogen-bond acceptors (Lipinski definition) is 5. The van der Waals surface area contributed by atoms with Crippen molar-refractivity contribution in [2.24, 2.45) is 11.8 Å². The molecule has 1 aromatic heterocycles. The van der Waals surface area contributed by atoms with Crippen molar-refractivity contribution >= 4 is 11.7 Å². The maximum atomic E-state index is 11.7. The molecule has 0 bridgehead atoms. The van der Waals surface area contributed by atoms with Gasteiger partial charge in [-0.05, 0) is 12.3 Å². The fourth-order valence-electron chi connectivity index (χ4n) is 1.51. The molecule has 6 heteroatoms. The van der Waals surface area contributed by atoms with E-state index in [1.807, 2.05) is 0 Å². The molecule has 1 heterocycles. The van der Waals surface area contributed by atoms with Crippen molar-refractivity contribution in [1.29, 1.82) is 0 Å². The number of nitrogens with zero attached hydrogens (tertiary/aromatic N) is 2. The molecular weight excluding hydrogens is 230 g/mol. The van der Waals surface area contributed by atoms with Gasteiger partial charge in [0, 0.05) is 6.54 Å². The number of hydrogen-bond donors (Lipinski definition) is 3. The fourth-order valence-corrected chi connectivity index (χ4v) is 1.51. The van der Waals surface area contributed by atoms with Gasteiger partial charge in [0.05, 0.1) is 12.4 Å². The molecule has 0 spiro atoms. The molecule has 4 N–H and O–H groups in total. The monoisotopic (exact) mass is 251 g/mol. The second-order valence-electron chi connectivity index (χ2n) is 4.58. The van der Waals surface area contributed by atoms with Crippen molar-refractivity contribution < 1.29 is 4.79 Å². The molecule has 0 saturated heterocycles. The van der Waals surface area contributed by atoms with Crippen LogP contribution in [0.3, 0.4) is 0 Å². The van der Waals surface area contributed by atoms with Gasteiger partial charge in [-0.25, -0.2) is 10.8 Å². The largest absolute Gasteiger partial charge is 0.351 e. The topological polar surface area (TPSA) is 92.9 Å². The van der Waals surface area contributed by atoms with Crippen LogP contribution in [0.1, 0.15) is 43.6 Å². The Morgan fingerprint density at radius 3 is 2.83 bits per heavy atom. The molecule has 18 heavy (non-hydrogen) atoms. The Morgan fingerprint density at radius 1 is 1.39 bits per heavy atom. The van der Waals surface area contributed by atoms with Crippen molar-refractivity contribution in [3.05, 3.63) is 18.1 Å². The number of amides is 1. The Hall–Kier alpha value is -1.69. The number of hydrazine groups is 1. The Balaban J connectivity index is 2.31. The van der Waals surface area contributed by atoms with Crippen molar-refractivity contribution in [3.63, 3.8) is 0 Å². The molecule has 0 atom stereocenters. The summed E-state index contributed by atoms with van der Waals surface area (Å²) in [5.74, 6) is 6.07. The highest BCUT2D eigenvalue weighted by molar-refractivity contribution is 5.92. The van der Waals surface area contributed by atoms with Crippen LogP contribution in [-0.2, 0) is 0 Å². The van der Waals surface area contributed by atoms with Crippen molar-refractivity contribution in [2.45, 2.75) is 33.1 Å². The van der Waals surface area contributed by atoms with E-state index in [-0.39, 0.29) is 11.6 Å². The number of rotatable bonds is 7. The zero-order chi connectivity index (χ0) is 13.4. The van der Waals surface area contributed by atoms with Gasteiger partial charge in [0.25, 0.3) is 5.91 Å². The molecule has 0 unspecified atom stereocenters. The van der Waals surface area contributed by atoms with E-state index < -0.39 is 0 Å². The highest BCUT2D eigenvalue weighted by Crippen LogP contribution is 2.05. The first-order valence-electron chi connectivity index (χ1n) is 6.20. The number of carbonyl (C=O) groups is 1. The summed E-state index contributed by atoms with van der Waals surface area (Å²) in [5.41, 5.74) is 2.63. The zero-order valence-electron chi connectivity index (χ0n) is 10.9. The van der Waals surface area contributed by atoms with Crippen LogP contribution in [0.15, 0.2) is 12.4 Å². The Kier molecular flexibility index (Phi) is 6.07. The highest BCUT2D eigenvalue weighted by atomic mass is 16.1. The predicted molar refractivity (Wildman–Crippen MR) is 70.9 cm³/mol. The zero-order valence-corrected chi connectivity index (χ0v) is 10.9. The first-order valence-corrected chi connectivity index (χ1v) is 6.20. The van der Waals surface area contributed by atoms with Crippen molar-refractivity contribution in [3.8, 4) is 0 Å². The van der Waals surface area contributed by atoms with Gasteiger partial charge in [0.2, 0.25) is 0 Å². The van der Waals surface area contributed by atoms with Crippen LogP contribution < -0.4 is 16.6 Å². The molecule has 0 aliphatic carbocycles. The van der Waals surface area contributed by atoms with Crippen molar-refractivity contribution in [1.82, 2.24) is 15.3 Å². The fraction of sp³-hybridized carbons (Fsp3) is 0.583. The van der Waals surface area contributed by atoms with Crippen LogP contribution >= 0.6 is 0 Å². The minimum Gasteiger partial charge on any atom is -0.351 e. The number of aromatic nitrogens is 2. The number of nitrogens with two attached hydrogens (primary N) is 1. The molecule has 0 aliphatic rings. The number of nitrogens with one attached hydrogen (secondary N) is 2. The quantitative estimate of drug-likeness (QED) is 0.386. The number of nitrogen functional groups attached to an aromatic ring is 1. The lowest BCUT2D eigenvalue weighted by atomic mass is 10.1. The molecule has 1 amide bonds. The van der Waals surface area contributed by atoms with Gasteiger partial charge < -0.3 is 10.7 Å². The molecule has 0 fully saturated rings. The number of carbonyl (C=O) groups excluding carboxylic acids is 1. The average Bonchev–Trinajstić information content (AvgIpc) is 2.37. The van der Waals surface area contributed by atoms with Crippen molar-refractivity contribution in [2.75, 3.05) is 12.0 Å². The van der Waals surface area contributed by atoms with E-state index in [4.69, 9.17) is 5.84 Å². The normalized spacial score (nSPS) is 10.4. The van der Waals surface area contributed by atoms with E-state index in [2.05, 4.69) is 34.6 Å². The van der Waals surface area contributed by atoms with Gasteiger partial charge in [0.15, 0.2) is 5.82 Å². The highest BCUT2D eigenvalue weighted by Gasteiger charge is 2.07. The molecule has 0 radical (unpaired) electrons. The lowest BCUT2D eigenvalue weighted by Gasteiger charge is -2.06. The smallest absolute Gasteiger partial charge is 0.271 e. The van der Waals surface area contributed by atoms with Crippen LogP contribution in [0.4, 0.5) is 5.82 Å². The van der Waals surface area contributed by atoms with Crippen LogP contribution in [-0.4, -0.2) is 22.4 Å². The summed E-state index contributed by atoms with van der Waals surface area (Å²) in [6, 6.07) is 0. The summed E-state index contributed by atoms with van der Waals surface area (Å²) in [4.78, 5) is 19.6. The van der Waals surface area contributed by atoms with E-state index >= 15 is 0 Å². The van der Waals surface area contributed by atoms with Gasteiger partial charge >= 0.3 is 0 Å². The summed E-state index contributed by atoms with van der Waals surface area (Å²) in [6.45, 7) is 5.05. The minimum absolute atomic E-state index is 0.218. The van der Waals surface area contributed by atoms with Gasteiger partial charge in [0.1, 0.15) is 5.69 Å². The molecule has 6 nitrogen and oxygen atoms in total. The van der Waals surface area contributed by atoms with Crippen LogP contribution in [0.2, 0.25) is 0 Å². The maximum Gasteiger partial charge on any atom is 0.271 e. The first-order chi connectivity index (χ1) is 8.63. The Bertz CT molecular complexity index is 380. The molecule has 100 valence electrons. The first kappa shape index (κ1) is 14.4. The van der Waals surface area contributed by atoms with Crippen LogP contribution in [0.5, 0.6) is 0 Å². The summed E-state index contributed by atoms with van der Waals surface area (Å²) in [6.07, 6.45) is 6.16.